The van der Waals surface area contributed by atoms with Gasteiger partial charge in [-0.2, -0.15) is 0 Å². The quantitative estimate of drug-likeness (QED) is 0.500. The first-order chi connectivity index (χ1) is 5.34. The van der Waals surface area contributed by atoms with Crippen molar-refractivity contribution in [2.75, 3.05) is 0 Å². The average molecular weight is 148 g/mol. The Morgan fingerprint density at radius 3 is 2.55 bits per heavy atom. The Balaban J connectivity index is 2.68. The molecule has 0 saturated carbocycles. The third-order valence-corrected chi connectivity index (χ3v) is 1.31. The van der Waals surface area contributed by atoms with E-state index in [0.29, 0.717) is 0 Å². The predicted molar refractivity (Wildman–Crippen MR) is 45.3 cm³/mol. The summed E-state index contributed by atoms with van der Waals surface area (Å²) in [6, 6.07) is 9.13. The zero-order valence-corrected chi connectivity index (χ0v) is 6.10. The van der Waals surface area contributed by atoms with E-state index >= 15 is 0 Å². The first-order valence-corrected chi connectivity index (χ1v) is 3.34. The van der Waals surface area contributed by atoms with E-state index in [9.17, 15) is 5.02 Å². The number of rotatable bonds is 3. The molecule has 11 heavy (non-hydrogen) atoms. The van der Waals surface area contributed by atoms with Gasteiger partial charge >= 0.3 is 7.12 Å². The first-order valence-electron chi connectivity index (χ1n) is 3.34. The Morgan fingerprint density at radius 1 is 1.36 bits per heavy atom. The molecule has 0 aliphatic rings. The lowest BCUT2D eigenvalue weighted by Gasteiger charge is -2.03. The summed E-state index contributed by atoms with van der Waals surface area (Å²) in [6.45, 7) is 3.34. The van der Waals surface area contributed by atoms with Crippen LogP contribution in [0, 0.1) is 0 Å². The molecule has 0 bridgehead atoms. The number of hydrogen-bond donors (Lipinski definition) is 1. The molecule has 1 aromatic rings. The fourth-order valence-electron chi connectivity index (χ4n) is 0.787. The first kappa shape index (κ1) is 7.89. The van der Waals surface area contributed by atoms with Crippen molar-refractivity contribution in [1.82, 2.24) is 0 Å². The fraction of sp³-hybridized carbons (Fsp3) is 0. The van der Waals surface area contributed by atoms with Gasteiger partial charge in [0.25, 0.3) is 0 Å². The van der Waals surface area contributed by atoms with Gasteiger partial charge in [0.05, 0.1) is 6.26 Å². The van der Waals surface area contributed by atoms with E-state index in [1.54, 1.807) is 12.1 Å². The molecule has 1 aromatic carbocycles. The number of hydrogen-bond acceptors (Lipinski definition) is 2. The van der Waals surface area contributed by atoms with E-state index in [-0.39, 0.29) is 0 Å². The molecule has 1 N–H and O–H groups in total. The van der Waals surface area contributed by atoms with Crippen LogP contribution in [0.15, 0.2) is 43.2 Å². The summed E-state index contributed by atoms with van der Waals surface area (Å²) in [4.78, 5) is 0. The smallest absolute Gasteiger partial charge is 0.539 e. The molecule has 0 unspecified atom stereocenters. The maximum atomic E-state index is 9.23. The zero-order valence-electron chi connectivity index (χ0n) is 6.10. The van der Waals surface area contributed by atoms with E-state index in [4.69, 9.17) is 4.65 Å². The molecule has 3 heteroatoms. The molecule has 0 atom stereocenters. The molecule has 56 valence electrons. The molecule has 2 nitrogen and oxygen atoms in total. The molecular weight excluding hydrogens is 139 g/mol. The van der Waals surface area contributed by atoms with Crippen molar-refractivity contribution < 1.29 is 9.68 Å². The van der Waals surface area contributed by atoms with E-state index < -0.39 is 7.12 Å². The van der Waals surface area contributed by atoms with Crippen molar-refractivity contribution in [1.29, 1.82) is 0 Å². The molecule has 0 spiro atoms. The molecule has 0 aliphatic heterocycles. The lowest BCUT2D eigenvalue weighted by molar-refractivity contribution is 0.387. The normalized spacial score (nSPS) is 8.82. The standard InChI is InChI=1S/C8H9BO2/c1-2-11-9(10)8-6-4-3-5-7-8/h2-7,10H,1H2. The summed E-state index contributed by atoms with van der Waals surface area (Å²) in [7, 11) is -0.895. The van der Waals surface area contributed by atoms with E-state index in [2.05, 4.69) is 6.58 Å². The molecule has 0 heterocycles. The topological polar surface area (TPSA) is 29.5 Å². The van der Waals surface area contributed by atoms with E-state index in [1.165, 1.54) is 6.26 Å². The van der Waals surface area contributed by atoms with Crippen LogP contribution in [-0.2, 0) is 4.65 Å². The van der Waals surface area contributed by atoms with E-state index in [1.807, 2.05) is 18.2 Å². The van der Waals surface area contributed by atoms with Gasteiger partial charge in [-0.3, -0.25) is 0 Å². The minimum atomic E-state index is -0.895. The van der Waals surface area contributed by atoms with Crippen molar-refractivity contribution in [3.8, 4) is 0 Å². The second kappa shape index (κ2) is 3.83. The van der Waals surface area contributed by atoms with Gasteiger partial charge in [-0.1, -0.05) is 36.9 Å². The summed E-state index contributed by atoms with van der Waals surface area (Å²) in [5, 5.41) is 9.23. The molecular formula is C8H9BO2. The van der Waals surface area contributed by atoms with Crippen LogP contribution >= 0.6 is 0 Å². The van der Waals surface area contributed by atoms with Crippen LogP contribution in [0.2, 0.25) is 0 Å². The third kappa shape index (κ3) is 2.13. The second-order valence-electron chi connectivity index (χ2n) is 2.07. The molecule has 1 rings (SSSR count). The highest BCUT2D eigenvalue weighted by Gasteiger charge is 2.14. The van der Waals surface area contributed by atoms with Gasteiger partial charge in [0.15, 0.2) is 0 Å². The van der Waals surface area contributed by atoms with Gasteiger partial charge in [-0.05, 0) is 5.46 Å². The van der Waals surface area contributed by atoms with Crippen molar-refractivity contribution in [3.63, 3.8) is 0 Å². The largest absolute Gasteiger partial charge is 0.559 e. The molecule has 0 aromatic heterocycles. The molecule has 0 saturated heterocycles. The van der Waals surface area contributed by atoms with E-state index in [0.717, 1.165) is 5.46 Å². The minimum Gasteiger partial charge on any atom is -0.539 e. The Bertz CT molecular complexity index is 223. The van der Waals surface area contributed by atoms with Crippen LogP contribution in [0.5, 0.6) is 0 Å². The molecule has 0 fully saturated rings. The monoisotopic (exact) mass is 148 g/mol. The summed E-state index contributed by atoms with van der Waals surface area (Å²) in [5.74, 6) is 0. The Kier molecular flexibility index (Phi) is 2.75. The Hall–Kier alpha value is -1.22. The van der Waals surface area contributed by atoms with Crippen molar-refractivity contribution in [3.05, 3.63) is 43.2 Å². The van der Waals surface area contributed by atoms with Crippen LogP contribution in [0.4, 0.5) is 0 Å². The van der Waals surface area contributed by atoms with Crippen molar-refractivity contribution in [2.45, 2.75) is 0 Å². The predicted octanol–water partition coefficient (Wildman–Crippen LogP) is 0.534. The minimum absolute atomic E-state index is 0.729. The lowest BCUT2D eigenvalue weighted by Crippen LogP contribution is -2.31. The maximum absolute atomic E-state index is 9.23. The van der Waals surface area contributed by atoms with Crippen molar-refractivity contribution >= 4 is 12.6 Å². The number of benzene rings is 1. The fourth-order valence-corrected chi connectivity index (χ4v) is 0.787. The zero-order chi connectivity index (χ0) is 8.10. The van der Waals surface area contributed by atoms with Crippen LogP contribution in [0.25, 0.3) is 0 Å². The summed E-state index contributed by atoms with van der Waals surface area (Å²) < 4.78 is 4.75. The summed E-state index contributed by atoms with van der Waals surface area (Å²) in [5.41, 5.74) is 0.729. The van der Waals surface area contributed by atoms with Crippen LogP contribution < -0.4 is 5.46 Å². The van der Waals surface area contributed by atoms with Gasteiger partial charge in [-0.25, -0.2) is 0 Å². The maximum Gasteiger partial charge on any atom is 0.559 e. The van der Waals surface area contributed by atoms with Gasteiger partial charge in [0.1, 0.15) is 0 Å². The highest BCUT2D eigenvalue weighted by atomic mass is 16.5. The SMILES string of the molecule is C=COB(O)c1ccccc1. The Labute approximate surface area is 66.3 Å². The van der Waals surface area contributed by atoms with Crippen LogP contribution in [0.1, 0.15) is 0 Å². The molecule has 0 aliphatic carbocycles. The van der Waals surface area contributed by atoms with Gasteiger partial charge < -0.3 is 9.68 Å². The average Bonchev–Trinajstić information content (AvgIpc) is 2.07. The highest BCUT2D eigenvalue weighted by molar-refractivity contribution is 6.60. The van der Waals surface area contributed by atoms with Gasteiger partial charge in [0.2, 0.25) is 0 Å². The highest BCUT2D eigenvalue weighted by Crippen LogP contribution is 1.87. The van der Waals surface area contributed by atoms with Crippen LogP contribution in [0.3, 0.4) is 0 Å². The lowest BCUT2D eigenvalue weighted by atomic mass is 9.80. The third-order valence-electron chi connectivity index (χ3n) is 1.31. The van der Waals surface area contributed by atoms with Crippen LogP contribution in [-0.4, -0.2) is 12.1 Å². The summed E-state index contributed by atoms with van der Waals surface area (Å²) >= 11 is 0. The molecule has 0 amide bonds. The van der Waals surface area contributed by atoms with Gasteiger partial charge in [-0.15, -0.1) is 0 Å². The van der Waals surface area contributed by atoms with Gasteiger partial charge in [0, 0.05) is 0 Å². The summed E-state index contributed by atoms with van der Waals surface area (Å²) in [6.07, 6.45) is 1.22. The Morgan fingerprint density at radius 2 is 2.00 bits per heavy atom. The second-order valence-corrected chi connectivity index (χ2v) is 2.07. The molecule has 0 radical (unpaired) electrons. The van der Waals surface area contributed by atoms with Crippen molar-refractivity contribution in [2.24, 2.45) is 0 Å².